The summed E-state index contributed by atoms with van der Waals surface area (Å²) in [5.74, 6) is 0.0218. The van der Waals surface area contributed by atoms with Crippen LogP contribution in [0.25, 0.3) is 11.1 Å². The third-order valence-electron chi connectivity index (χ3n) is 6.32. The van der Waals surface area contributed by atoms with E-state index in [1.165, 1.54) is 6.07 Å². The second kappa shape index (κ2) is 11.2. The molecule has 1 amide bonds. The van der Waals surface area contributed by atoms with Crippen molar-refractivity contribution in [2.24, 2.45) is 0 Å². The minimum Gasteiger partial charge on any atom is -0.440 e. The smallest absolute Gasteiger partial charge is 0.293 e. The van der Waals surface area contributed by atoms with Gasteiger partial charge in [0.25, 0.3) is 11.6 Å². The zero-order valence-electron chi connectivity index (χ0n) is 20.3. The van der Waals surface area contributed by atoms with Crippen molar-refractivity contribution >= 4 is 63.0 Å². The Bertz CT molecular complexity index is 1520. The average Bonchev–Trinajstić information content (AvgIpc) is 3.31. The van der Waals surface area contributed by atoms with Gasteiger partial charge >= 0.3 is 0 Å². The third-order valence-corrected chi connectivity index (χ3v) is 6.77. The second-order valence-corrected chi connectivity index (χ2v) is 9.85. The highest BCUT2D eigenvalue weighted by molar-refractivity contribution is 7.80. The van der Waals surface area contributed by atoms with E-state index in [1.807, 2.05) is 29.2 Å². The standard InChI is InChI=1S/C27H24ClN5O4S/c28-19-7-4-17(5-8-19)14-25-30-21-16-20(9-11-24(21)37-25)29-27(38)31-26(34)18-6-10-22(23(15-18)33(35)36)32-12-2-1-3-13-32/h4-11,15-16H,1-3,12-14H2,(H2,29,31,34,38). The lowest BCUT2D eigenvalue weighted by Crippen LogP contribution is -2.34. The molecule has 0 radical (unpaired) electrons. The Hall–Kier alpha value is -4.02. The van der Waals surface area contributed by atoms with Crippen LogP contribution in [0.2, 0.25) is 5.02 Å². The summed E-state index contributed by atoms with van der Waals surface area (Å²) in [5, 5.41) is 18.0. The summed E-state index contributed by atoms with van der Waals surface area (Å²) in [6, 6.07) is 17.3. The Morgan fingerprint density at radius 2 is 1.84 bits per heavy atom. The third kappa shape index (κ3) is 5.92. The molecule has 1 aliphatic rings. The van der Waals surface area contributed by atoms with Crippen molar-refractivity contribution in [2.75, 3.05) is 23.3 Å². The lowest BCUT2D eigenvalue weighted by Gasteiger charge is -2.28. The fourth-order valence-corrected chi connectivity index (χ4v) is 4.79. The summed E-state index contributed by atoms with van der Waals surface area (Å²) in [4.78, 5) is 30.6. The molecular weight excluding hydrogens is 526 g/mol. The number of benzene rings is 3. The van der Waals surface area contributed by atoms with Crippen molar-refractivity contribution in [3.63, 3.8) is 0 Å². The number of nitrogens with one attached hydrogen (secondary N) is 2. The van der Waals surface area contributed by atoms with Crippen molar-refractivity contribution in [3.8, 4) is 0 Å². The van der Waals surface area contributed by atoms with Gasteiger partial charge in [-0.1, -0.05) is 23.7 Å². The van der Waals surface area contributed by atoms with Gasteiger partial charge in [-0.2, -0.15) is 0 Å². The van der Waals surface area contributed by atoms with Crippen LogP contribution in [-0.2, 0) is 6.42 Å². The Kier molecular flexibility index (Phi) is 7.52. The minimum absolute atomic E-state index is 0.0574. The van der Waals surface area contributed by atoms with Crippen molar-refractivity contribution in [1.29, 1.82) is 0 Å². The van der Waals surface area contributed by atoms with Crippen molar-refractivity contribution in [1.82, 2.24) is 10.3 Å². The van der Waals surface area contributed by atoms with Gasteiger partial charge in [0.1, 0.15) is 11.2 Å². The molecule has 9 nitrogen and oxygen atoms in total. The van der Waals surface area contributed by atoms with Gasteiger partial charge in [-0.3, -0.25) is 20.2 Å². The van der Waals surface area contributed by atoms with Crippen molar-refractivity contribution < 1.29 is 14.1 Å². The number of carbonyl (C=O) groups excluding carboxylic acids is 1. The van der Waals surface area contributed by atoms with Crippen LogP contribution in [0, 0.1) is 10.1 Å². The summed E-state index contributed by atoms with van der Waals surface area (Å²) in [5.41, 5.74) is 3.48. The SMILES string of the molecule is O=C(NC(=S)Nc1ccc2oc(Cc3ccc(Cl)cc3)nc2c1)c1ccc(N2CCCCC2)c([N+](=O)[O-])c1. The van der Waals surface area contributed by atoms with Crippen molar-refractivity contribution in [2.45, 2.75) is 25.7 Å². The van der Waals surface area contributed by atoms with E-state index in [4.69, 9.17) is 28.2 Å². The molecular formula is C27H24ClN5O4S. The molecule has 0 atom stereocenters. The van der Waals surface area contributed by atoms with Crippen molar-refractivity contribution in [3.05, 3.63) is 92.8 Å². The number of carbonyl (C=O) groups is 1. The number of hydrogen-bond donors (Lipinski definition) is 2. The first-order valence-electron chi connectivity index (χ1n) is 12.2. The Balaban J connectivity index is 1.25. The molecule has 11 heteroatoms. The highest BCUT2D eigenvalue weighted by atomic mass is 35.5. The molecule has 2 heterocycles. The quantitative estimate of drug-likeness (QED) is 0.168. The highest BCUT2D eigenvalue weighted by Gasteiger charge is 2.23. The first kappa shape index (κ1) is 25.6. The van der Waals surface area contributed by atoms with Gasteiger partial charge < -0.3 is 14.6 Å². The monoisotopic (exact) mass is 549 g/mol. The number of aromatic nitrogens is 1. The van der Waals surface area contributed by atoms with Crippen LogP contribution in [0.1, 0.15) is 41.1 Å². The maximum Gasteiger partial charge on any atom is 0.293 e. The summed E-state index contributed by atoms with van der Waals surface area (Å²) in [7, 11) is 0. The molecule has 4 aromatic rings. The molecule has 0 saturated carbocycles. The van der Waals surface area contributed by atoms with Crippen LogP contribution in [-0.4, -0.2) is 34.0 Å². The number of piperidine rings is 1. The van der Waals surface area contributed by atoms with Crippen LogP contribution >= 0.6 is 23.8 Å². The van der Waals surface area contributed by atoms with Gasteiger partial charge in [0.05, 0.1) is 4.92 Å². The van der Waals surface area contributed by atoms with Crippen LogP contribution in [0.4, 0.5) is 17.1 Å². The number of nitro groups is 1. The van der Waals surface area contributed by atoms with Gasteiger partial charge in [0, 0.05) is 41.9 Å². The molecule has 3 aromatic carbocycles. The first-order valence-corrected chi connectivity index (χ1v) is 12.9. The maximum absolute atomic E-state index is 12.8. The van der Waals surface area contributed by atoms with E-state index in [0.717, 1.165) is 37.9 Å². The number of fused-ring (bicyclic) bond motifs is 1. The molecule has 2 N–H and O–H groups in total. The number of thiocarbonyl (C=S) groups is 1. The predicted octanol–water partition coefficient (Wildman–Crippen LogP) is 6.10. The van der Waals surface area contributed by atoms with E-state index in [1.54, 1.807) is 30.3 Å². The summed E-state index contributed by atoms with van der Waals surface area (Å²) >= 11 is 11.3. The predicted molar refractivity (Wildman–Crippen MR) is 151 cm³/mol. The number of nitro benzene ring substituents is 1. The number of rotatable bonds is 6. The molecule has 0 spiro atoms. The number of nitrogens with zero attached hydrogens (tertiary/aromatic N) is 3. The zero-order valence-corrected chi connectivity index (χ0v) is 21.8. The Morgan fingerprint density at radius 3 is 2.58 bits per heavy atom. The molecule has 1 saturated heterocycles. The van der Waals surface area contributed by atoms with Gasteiger partial charge in [-0.25, -0.2) is 4.98 Å². The van der Waals surface area contributed by atoms with Crippen LogP contribution in [0.5, 0.6) is 0 Å². The number of anilines is 2. The van der Waals surface area contributed by atoms with Gasteiger partial charge in [0.2, 0.25) is 0 Å². The molecule has 5 rings (SSSR count). The van der Waals surface area contributed by atoms with E-state index in [-0.39, 0.29) is 16.4 Å². The second-order valence-electron chi connectivity index (χ2n) is 9.01. The number of halogens is 1. The molecule has 194 valence electrons. The number of amides is 1. The van der Waals surface area contributed by atoms with E-state index >= 15 is 0 Å². The lowest BCUT2D eigenvalue weighted by molar-refractivity contribution is -0.384. The summed E-state index contributed by atoms with van der Waals surface area (Å²) < 4.78 is 5.84. The minimum atomic E-state index is -0.538. The maximum atomic E-state index is 12.8. The lowest BCUT2D eigenvalue weighted by atomic mass is 10.1. The van der Waals surface area contributed by atoms with E-state index in [0.29, 0.717) is 39.8 Å². The topological polar surface area (TPSA) is 114 Å². The fraction of sp³-hybridized carbons (Fsp3) is 0.222. The van der Waals surface area contributed by atoms with E-state index in [2.05, 4.69) is 15.6 Å². The Labute approximate surface area is 228 Å². The number of hydrogen-bond acceptors (Lipinski definition) is 7. The van der Waals surface area contributed by atoms with Gasteiger partial charge in [-0.15, -0.1) is 0 Å². The molecule has 1 aliphatic heterocycles. The van der Waals surface area contributed by atoms with Crippen LogP contribution in [0.3, 0.4) is 0 Å². The first-order chi connectivity index (χ1) is 18.4. The van der Waals surface area contributed by atoms with Crippen LogP contribution < -0.4 is 15.5 Å². The fourth-order valence-electron chi connectivity index (χ4n) is 4.46. The van der Waals surface area contributed by atoms with E-state index < -0.39 is 10.8 Å². The zero-order chi connectivity index (χ0) is 26.6. The molecule has 1 aromatic heterocycles. The largest absolute Gasteiger partial charge is 0.440 e. The van der Waals surface area contributed by atoms with E-state index in [9.17, 15) is 14.9 Å². The molecule has 0 unspecified atom stereocenters. The van der Waals surface area contributed by atoms with Gasteiger partial charge in [-0.05, 0) is 79.5 Å². The number of oxazole rings is 1. The highest BCUT2D eigenvalue weighted by Crippen LogP contribution is 2.31. The summed E-state index contributed by atoms with van der Waals surface area (Å²) in [6.07, 6.45) is 3.61. The molecule has 0 bridgehead atoms. The Morgan fingerprint density at radius 1 is 1.08 bits per heavy atom. The van der Waals surface area contributed by atoms with Gasteiger partial charge in [0.15, 0.2) is 16.6 Å². The summed E-state index contributed by atoms with van der Waals surface area (Å²) in [6.45, 7) is 1.53. The normalized spacial score (nSPS) is 13.3. The molecule has 1 fully saturated rings. The molecule has 0 aliphatic carbocycles. The average molecular weight is 550 g/mol. The van der Waals surface area contributed by atoms with Crippen LogP contribution in [0.15, 0.2) is 65.1 Å². The molecule has 38 heavy (non-hydrogen) atoms.